The van der Waals surface area contributed by atoms with E-state index < -0.39 is 5.97 Å². The third-order valence-electron chi connectivity index (χ3n) is 7.01. The molecule has 7 heteroatoms. The molecule has 2 aromatic heterocycles. The standard InChI is InChI=1S/C29H28N4O2S/c1-17-11-12-23(14-18(17)2)33-27(26(31-29(33)36)25-10-5-6-13-30-25)24-15-19(3)32(20(24)4)22-9-7-8-21(16-22)28(34)35/h5-16,26-27H,1-4H3,(H,31,36)(H,34,35)/t26-,27-/m1/s1. The van der Waals surface area contributed by atoms with E-state index in [0.29, 0.717) is 5.11 Å². The molecule has 1 saturated heterocycles. The van der Waals surface area contributed by atoms with Crippen molar-refractivity contribution in [3.05, 3.63) is 112 Å². The number of carbonyl (C=O) groups is 1. The molecule has 0 spiro atoms. The molecule has 0 amide bonds. The van der Waals surface area contributed by atoms with Gasteiger partial charge >= 0.3 is 5.97 Å². The average molecular weight is 497 g/mol. The first kappa shape index (κ1) is 23.8. The normalized spacial score (nSPS) is 17.3. The number of hydrogen-bond acceptors (Lipinski definition) is 3. The van der Waals surface area contributed by atoms with Gasteiger partial charge in [0.05, 0.1) is 23.3 Å². The predicted molar refractivity (Wildman–Crippen MR) is 146 cm³/mol. The highest BCUT2D eigenvalue weighted by molar-refractivity contribution is 7.80. The number of anilines is 1. The Morgan fingerprint density at radius 3 is 2.44 bits per heavy atom. The van der Waals surface area contributed by atoms with Gasteiger partial charge in [-0.3, -0.25) is 4.98 Å². The van der Waals surface area contributed by atoms with Gasteiger partial charge in [0.25, 0.3) is 0 Å². The molecule has 2 N–H and O–H groups in total. The second kappa shape index (κ2) is 9.24. The first-order chi connectivity index (χ1) is 17.3. The lowest BCUT2D eigenvalue weighted by Crippen LogP contribution is -2.29. The maximum absolute atomic E-state index is 11.6. The number of carboxylic acids is 1. The first-order valence-electron chi connectivity index (χ1n) is 11.9. The van der Waals surface area contributed by atoms with Crippen molar-refractivity contribution >= 4 is 29.0 Å². The molecular weight excluding hydrogens is 468 g/mol. The Morgan fingerprint density at radius 2 is 1.75 bits per heavy atom. The van der Waals surface area contributed by atoms with Crippen LogP contribution in [0.4, 0.5) is 5.69 Å². The largest absolute Gasteiger partial charge is 0.478 e. The molecule has 2 atom stereocenters. The SMILES string of the molecule is Cc1ccc(N2C(=S)N[C@H](c3ccccn3)[C@H]2c2cc(C)n(-c3cccc(C(=O)O)c3)c2C)cc1C. The maximum Gasteiger partial charge on any atom is 0.335 e. The topological polar surface area (TPSA) is 70.4 Å². The molecule has 1 aliphatic heterocycles. The van der Waals surface area contributed by atoms with E-state index >= 15 is 0 Å². The first-order valence-corrected chi connectivity index (χ1v) is 12.3. The van der Waals surface area contributed by atoms with Crippen LogP contribution in [0.15, 0.2) is 72.9 Å². The van der Waals surface area contributed by atoms with Gasteiger partial charge in [0.15, 0.2) is 5.11 Å². The minimum absolute atomic E-state index is 0.142. The van der Waals surface area contributed by atoms with Gasteiger partial charge in [-0.25, -0.2) is 4.79 Å². The van der Waals surface area contributed by atoms with Crippen molar-refractivity contribution < 1.29 is 9.90 Å². The van der Waals surface area contributed by atoms with Crippen molar-refractivity contribution in [1.29, 1.82) is 0 Å². The average Bonchev–Trinajstić information content (AvgIpc) is 3.36. The fourth-order valence-corrected chi connectivity index (χ4v) is 5.43. The van der Waals surface area contributed by atoms with E-state index in [0.717, 1.165) is 34.0 Å². The van der Waals surface area contributed by atoms with Crippen molar-refractivity contribution in [2.75, 3.05) is 4.90 Å². The minimum Gasteiger partial charge on any atom is -0.478 e. The van der Waals surface area contributed by atoms with E-state index in [4.69, 9.17) is 12.2 Å². The summed E-state index contributed by atoms with van der Waals surface area (Å²) < 4.78 is 2.11. The van der Waals surface area contributed by atoms with E-state index in [1.54, 1.807) is 24.4 Å². The predicted octanol–water partition coefficient (Wildman–Crippen LogP) is 5.98. The second-order valence-electron chi connectivity index (χ2n) is 9.28. The molecule has 0 bridgehead atoms. The van der Waals surface area contributed by atoms with Crippen LogP contribution < -0.4 is 10.2 Å². The summed E-state index contributed by atoms with van der Waals surface area (Å²) in [4.78, 5) is 18.4. The van der Waals surface area contributed by atoms with Gasteiger partial charge in [-0.2, -0.15) is 0 Å². The fourth-order valence-electron chi connectivity index (χ4n) is 5.09. The minimum atomic E-state index is -0.944. The number of nitrogens with one attached hydrogen (secondary N) is 1. The second-order valence-corrected chi connectivity index (χ2v) is 9.67. The van der Waals surface area contributed by atoms with Crippen LogP contribution in [0.2, 0.25) is 0 Å². The highest BCUT2D eigenvalue weighted by atomic mass is 32.1. The lowest BCUT2D eigenvalue weighted by atomic mass is 9.96. The van der Waals surface area contributed by atoms with Crippen molar-refractivity contribution in [3.8, 4) is 5.69 Å². The molecule has 0 unspecified atom stereocenters. The number of aromatic nitrogens is 2. The third-order valence-corrected chi connectivity index (χ3v) is 7.32. The molecule has 5 rings (SSSR count). The van der Waals surface area contributed by atoms with Crippen LogP contribution >= 0.6 is 12.2 Å². The summed E-state index contributed by atoms with van der Waals surface area (Å²) in [6.07, 6.45) is 1.80. The fraction of sp³-hybridized carbons (Fsp3) is 0.207. The Labute approximate surface area is 216 Å². The number of aryl methyl sites for hydroxylation is 3. The van der Waals surface area contributed by atoms with E-state index in [1.165, 1.54) is 11.1 Å². The maximum atomic E-state index is 11.6. The molecule has 0 aliphatic carbocycles. The zero-order valence-electron chi connectivity index (χ0n) is 20.7. The van der Waals surface area contributed by atoms with Crippen LogP contribution in [0.25, 0.3) is 5.69 Å². The van der Waals surface area contributed by atoms with Crippen LogP contribution in [0.5, 0.6) is 0 Å². The summed E-state index contributed by atoms with van der Waals surface area (Å²) in [7, 11) is 0. The van der Waals surface area contributed by atoms with Crippen molar-refractivity contribution in [3.63, 3.8) is 0 Å². The summed E-state index contributed by atoms with van der Waals surface area (Å²) in [5.74, 6) is -0.944. The summed E-state index contributed by atoms with van der Waals surface area (Å²) in [6, 6.07) is 21.2. The van der Waals surface area contributed by atoms with E-state index in [9.17, 15) is 9.90 Å². The van der Waals surface area contributed by atoms with Crippen molar-refractivity contribution in [2.45, 2.75) is 39.8 Å². The van der Waals surface area contributed by atoms with E-state index in [2.05, 4.69) is 64.8 Å². The molecule has 2 aromatic carbocycles. The number of thiocarbonyl (C=S) groups is 1. The van der Waals surface area contributed by atoms with Gasteiger partial charge in [-0.1, -0.05) is 18.2 Å². The number of aromatic carboxylic acids is 1. The monoisotopic (exact) mass is 496 g/mol. The number of rotatable bonds is 5. The number of pyridine rings is 1. The molecular formula is C29H28N4O2S. The third kappa shape index (κ3) is 4.05. The Balaban J connectivity index is 1.68. The molecule has 0 radical (unpaired) electrons. The molecule has 1 fully saturated rings. The van der Waals surface area contributed by atoms with Gasteiger partial charge in [-0.15, -0.1) is 0 Å². The van der Waals surface area contributed by atoms with Crippen molar-refractivity contribution in [1.82, 2.24) is 14.9 Å². The molecule has 3 heterocycles. The zero-order valence-corrected chi connectivity index (χ0v) is 21.5. The van der Waals surface area contributed by atoms with Gasteiger partial charge in [0, 0.05) is 29.0 Å². The summed E-state index contributed by atoms with van der Waals surface area (Å²) in [5.41, 5.74) is 8.59. The highest BCUT2D eigenvalue weighted by Crippen LogP contribution is 2.44. The Kier molecular flexibility index (Phi) is 6.10. The van der Waals surface area contributed by atoms with Crippen LogP contribution in [-0.4, -0.2) is 25.7 Å². The molecule has 0 saturated carbocycles. The Bertz CT molecular complexity index is 1480. The Morgan fingerprint density at radius 1 is 0.944 bits per heavy atom. The van der Waals surface area contributed by atoms with Crippen LogP contribution in [-0.2, 0) is 0 Å². The summed E-state index contributed by atoms with van der Waals surface area (Å²) in [6.45, 7) is 8.33. The lowest BCUT2D eigenvalue weighted by Gasteiger charge is -2.28. The Hall–Kier alpha value is -3.97. The number of hydrogen-bond donors (Lipinski definition) is 2. The van der Waals surface area contributed by atoms with Gasteiger partial charge in [0.2, 0.25) is 0 Å². The smallest absolute Gasteiger partial charge is 0.335 e. The number of benzene rings is 2. The number of nitrogens with zero attached hydrogens (tertiary/aromatic N) is 3. The summed E-state index contributed by atoms with van der Waals surface area (Å²) in [5, 5.41) is 13.7. The summed E-state index contributed by atoms with van der Waals surface area (Å²) >= 11 is 5.89. The quantitative estimate of drug-likeness (QED) is 0.331. The van der Waals surface area contributed by atoms with E-state index in [1.807, 2.05) is 31.2 Å². The van der Waals surface area contributed by atoms with Crippen LogP contribution in [0.1, 0.15) is 56.2 Å². The van der Waals surface area contributed by atoms with Gasteiger partial charge < -0.3 is 19.9 Å². The zero-order chi connectivity index (χ0) is 25.6. The molecule has 4 aromatic rings. The molecule has 6 nitrogen and oxygen atoms in total. The lowest BCUT2D eigenvalue weighted by molar-refractivity contribution is 0.0697. The molecule has 1 aliphatic rings. The van der Waals surface area contributed by atoms with Crippen LogP contribution in [0, 0.1) is 27.7 Å². The van der Waals surface area contributed by atoms with E-state index in [-0.39, 0.29) is 17.6 Å². The highest BCUT2D eigenvalue weighted by Gasteiger charge is 2.42. The van der Waals surface area contributed by atoms with Crippen LogP contribution in [0.3, 0.4) is 0 Å². The number of carboxylic acid groups (broad SMARTS) is 1. The molecule has 182 valence electrons. The molecule has 36 heavy (non-hydrogen) atoms. The van der Waals surface area contributed by atoms with Crippen molar-refractivity contribution in [2.24, 2.45) is 0 Å². The van der Waals surface area contributed by atoms with Gasteiger partial charge in [0.1, 0.15) is 0 Å². The van der Waals surface area contributed by atoms with Gasteiger partial charge in [-0.05, 0) is 105 Å².